The molecule has 0 aliphatic carbocycles. The predicted molar refractivity (Wildman–Crippen MR) is 93.0 cm³/mol. The first-order valence-electron chi connectivity index (χ1n) is 8.73. The van der Waals surface area contributed by atoms with Crippen molar-refractivity contribution < 1.29 is 9.90 Å². The van der Waals surface area contributed by atoms with Gasteiger partial charge >= 0.3 is 5.97 Å². The first-order valence-corrected chi connectivity index (χ1v) is 8.73. The summed E-state index contributed by atoms with van der Waals surface area (Å²) in [6.45, 7) is 6.10. The highest BCUT2D eigenvalue weighted by molar-refractivity contribution is 5.91. The summed E-state index contributed by atoms with van der Waals surface area (Å²) < 4.78 is 2.35. The molecule has 2 atom stereocenters. The van der Waals surface area contributed by atoms with Gasteiger partial charge in [0.15, 0.2) is 0 Å². The molecule has 2 aromatic rings. The van der Waals surface area contributed by atoms with E-state index in [2.05, 4.69) is 35.9 Å². The second-order valence-electron chi connectivity index (χ2n) is 6.46. The van der Waals surface area contributed by atoms with Crippen LogP contribution in [-0.2, 0) is 17.8 Å². The van der Waals surface area contributed by atoms with Gasteiger partial charge in [-0.3, -0.25) is 4.79 Å². The van der Waals surface area contributed by atoms with E-state index in [-0.39, 0.29) is 0 Å². The molecule has 1 aliphatic rings. The third-order valence-electron chi connectivity index (χ3n) is 4.97. The van der Waals surface area contributed by atoms with Gasteiger partial charge < -0.3 is 15.0 Å². The summed E-state index contributed by atoms with van der Waals surface area (Å²) in [6.07, 6.45) is 3.62. The molecule has 124 valence electrons. The highest BCUT2D eigenvalue weighted by Gasteiger charge is 2.30. The number of fused-ring (bicyclic) bond motifs is 3. The van der Waals surface area contributed by atoms with Crippen LogP contribution in [0.2, 0.25) is 0 Å². The monoisotopic (exact) mass is 314 g/mol. The van der Waals surface area contributed by atoms with Crippen LogP contribution < -0.4 is 5.32 Å². The minimum absolute atomic E-state index is 0.392. The van der Waals surface area contributed by atoms with Gasteiger partial charge in [0.1, 0.15) is 0 Å². The van der Waals surface area contributed by atoms with Gasteiger partial charge in [-0.05, 0) is 37.4 Å². The van der Waals surface area contributed by atoms with Crippen LogP contribution in [0.1, 0.15) is 50.3 Å². The number of aliphatic carboxylic acids is 1. The van der Waals surface area contributed by atoms with Gasteiger partial charge in [0.05, 0.1) is 5.92 Å². The number of aromatic nitrogens is 1. The third kappa shape index (κ3) is 2.88. The maximum atomic E-state index is 11.9. The molecule has 4 heteroatoms. The molecule has 2 N–H and O–H groups in total. The fourth-order valence-electron chi connectivity index (χ4n) is 4.01. The van der Waals surface area contributed by atoms with Crippen molar-refractivity contribution in [1.29, 1.82) is 0 Å². The second-order valence-corrected chi connectivity index (χ2v) is 6.46. The van der Waals surface area contributed by atoms with Crippen LogP contribution in [0.15, 0.2) is 24.3 Å². The molecule has 3 rings (SSSR count). The van der Waals surface area contributed by atoms with Crippen LogP contribution in [0.25, 0.3) is 10.9 Å². The highest BCUT2D eigenvalue weighted by Crippen LogP contribution is 2.37. The Morgan fingerprint density at radius 2 is 2.17 bits per heavy atom. The average molecular weight is 314 g/mol. The Labute approximate surface area is 137 Å². The Bertz CT molecular complexity index is 705. The summed E-state index contributed by atoms with van der Waals surface area (Å²) in [7, 11) is 0. The molecular formula is C19H26N2O2. The fourth-order valence-corrected chi connectivity index (χ4v) is 4.01. The van der Waals surface area contributed by atoms with Crippen molar-refractivity contribution in [3.8, 4) is 0 Å². The molecule has 0 radical (unpaired) electrons. The number of hydrogen-bond donors (Lipinski definition) is 2. The van der Waals surface area contributed by atoms with Gasteiger partial charge in [0, 0.05) is 29.2 Å². The van der Waals surface area contributed by atoms with Crippen LogP contribution in [0.4, 0.5) is 0 Å². The molecular weight excluding hydrogens is 288 g/mol. The van der Waals surface area contributed by atoms with E-state index in [0.717, 1.165) is 43.3 Å². The Morgan fingerprint density at radius 1 is 1.39 bits per heavy atom. The molecule has 4 nitrogen and oxygen atoms in total. The smallest absolute Gasteiger partial charge is 0.311 e. The minimum atomic E-state index is -0.695. The minimum Gasteiger partial charge on any atom is -0.481 e. The first kappa shape index (κ1) is 16.1. The number of benzene rings is 1. The maximum absolute atomic E-state index is 11.9. The lowest BCUT2D eigenvalue weighted by atomic mass is 9.89. The average Bonchev–Trinajstić information content (AvgIpc) is 2.87. The number of para-hydroxylation sites is 1. The molecule has 0 spiro atoms. The molecule has 1 unspecified atom stereocenters. The van der Waals surface area contributed by atoms with E-state index >= 15 is 0 Å². The van der Waals surface area contributed by atoms with E-state index in [1.807, 2.05) is 12.1 Å². The standard InChI is InChI=1S/C19H26N2O2/c1-3-7-15(19(22)23)18-14-8-5-6-9-16(14)21-12-13(20-4-2)10-11-17(18)21/h5-6,8-9,13,15,20H,3-4,7,10-12H2,1-2H3,(H,22,23)/t13-,15?/m1/s1. The van der Waals surface area contributed by atoms with Gasteiger partial charge in [0.25, 0.3) is 0 Å². The number of likely N-dealkylation sites (N-methyl/N-ethyl adjacent to an activating group) is 1. The number of nitrogens with one attached hydrogen (secondary N) is 1. The van der Waals surface area contributed by atoms with Crippen molar-refractivity contribution in [2.24, 2.45) is 0 Å². The zero-order valence-electron chi connectivity index (χ0n) is 14.0. The molecule has 1 aromatic carbocycles. The lowest BCUT2D eigenvalue weighted by Gasteiger charge is -2.27. The summed E-state index contributed by atoms with van der Waals surface area (Å²) in [5.41, 5.74) is 3.48. The molecule has 0 saturated heterocycles. The number of rotatable bonds is 6. The van der Waals surface area contributed by atoms with Crippen LogP contribution in [0, 0.1) is 0 Å². The van der Waals surface area contributed by atoms with Gasteiger partial charge in [-0.2, -0.15) is 0 Å². The topological polar surface area (TPSA) is 54.3 Å². The zero-order valence-corrected chi connectivity index (χ0v) is 14.0. The summed E-state index contributed by atoms with van der Waals surface area (Å²) >= 11 is 0. The van der Waals surface area contributed by atoms with Crippen molar-refractivity contribution in [1.82, 2.24) is 9.88 Å². The third-order valence-corrected chi connectivity index (χ3v) is 4.97. The van der Waals surface area contributed by atoms with E-state index in [0.29, 0.717) is 12.5 Å². The summed E-state index contributed by atoms with van der Waals surface area (Å²) in [5, 5.41) is 14.4. The van der Waals surface area contributed by atoms with Gasteiger partial charge in [-0.15, -0.1) is 0 Å². The Kier molecular flexibility index (Phi) is 4.71. The molecule has 0 saturated carbocycles. The highest BCUT2D eigenvalue weighted by atomic mass is 16.4. The predicted octanol–water partition coefficient (Wildman–Crippen LogP) is 3.53. The van der Waals surface area contributed by atoms with E-state index in [1.165, 1.54) is 11.2 Å². The van der Waals surface area contributed by atoms with E-state index in [4.69, 9.17) is 0 Å². The van der Waals surface area contributed by atoms with Gasteiger partial charge in [0.2, 0.25) is 0 Å². The first-order chi connectivity index (χ1) is 11.2. The van der Waals surface area contributed by atoms with E-state index < -0.39 is 11.9 Å². The SMILES string of the molecule is CCCC(C(=O)O)c1c2n(c3ccccc13)C[C@H](NCC)CC2. The maximum Gasteiger partial charge on any atom is 0.311 e. The molecule has 23 heavy (non-hydrogen) atoms. The number of carbonyl (C=O) groups is 1. The quantitative estimate of drug-likeness (QED) is 0.857. The molecule has 0 fully saturated rings. The van der Waals surface area contributed by atoms with Crippen molar-refractivity contribution >= 4 is 16.9 Å². The lowest BCUT2D eigenvalue weighted by Crippen LogP contribution is -2.37. The van der Waals surface area contributed by atoms with Crippen molar-refractivity contribution in [2.45, 2.75) is 58.0 Å². The number of nitrogens with zero attached hydrogens (tertiary/aromatic N) is 1. The van der Waals surface area contributed by atoms with E-state index in [9.17, 15) is 9.90 Å². The molecule has 0 bridgehead atoms. The van der Waals surface area contributed by atoms with Crippen LogP contribution in [0.5, 0.6) is 0 Å². The summed E-state index contributed by atoms with van der Waals surface area (Å²) in [4.78, 5) is 11.9. The Hall–Kier alpha value is -1.81. The molecule has 1 aromatic heterocycles. The van der Waals surface area contributed by atoms with Crippen molar-refractivity contribution in [3.63, 3.8) is 0 Å². The van der Waals surface area contributed by atoms with E-state index in [1.54, 1.807) is 0 Å². The van der Waals surface area contributed by atoms with Gasteiger partial charge in [-0.1, -0.05) is 38.5 Å². The zero-order chi connectivity index (χ0) is 16.4. The molecule has 1 aliphatic heterocycles. The van der Waals surface area contributed by atoms with Crippen molar-refractivity contribution in [2.75, 3.05) is 6.54 Å². The number of carboxylic acids is 1. The number of hydrogen-bond acceptors (Lipinski definition) is 2. The second kappa shape index (κ2) is 6.75. The number of carboxylic acid groups (broad SMARTS) is 1. The van der Waals surface area contributed by atoms with Crippen molar-refractivity contribution in [3.05, 3.63) is 35.5 Å². The normalized spacial score (nSPS) is 18.8. The van der Waals surface area contributed by atoms with Crippen LogP contribution in [-0.4, -0.2) is 28.2 Å². The lowest BCUT2D eigenvalue weighted by molar-refractivity contribution is -0.139. The van der Waals surface area contributed by atoms with Crippen LogP contribution in [0.3, 0.4) is 0 Å². The Balaban J connectivity index is 2.14. The summed E-state index contributed by atoms with van der Waals surface area (Å²) in [6, 6.07) is 8.76. The molecule has 2 heterocycles. The van der Waals surface area contributed by atoms with Gasteiger partial charge in [-0.25, -0.2) is 0 Å². The molecule has 0 amide bonds. The Morgan fingerprint density at radius 3 is 2.87 bits per heavy atom. The fraction of sp³-hybridized carbons (Fsp3) is 0.526. The van der Waals surface area contributed by atoms with Crippen LogP contribution >= 0.6 is 0 Å². The largest absolute Gasteiger partial charge is 0.481 e. The summed E-state index contributed by atoms with van der Waals surface area (Å²) in [5.74, 6) is -1.09.